The van der Waals surface area contributed by atoms with Gasteiger partial charge in [0.1, 0.15) is 6.10 Å². The minimum Gasteiger partial charge on any atom is -0.399 e. The molecule has 0 bridgehead atoms. The van der Waals surface area contributed by atoms with E-state index in [4.69, 9.17) is 10.5 Å². The SMILES string of the molecule is Nc1ccc(NC(=O)C2CCCCO2)c(C(F)(F)F)c1. The molecule has 0 aliphatic carbocycles. The predicted octanol–water partition coefficient (Wildman–Crippen LogP) is 2.80. The van der Waals surface area contributed by atoms with Crippen LogP contribution in [0.5, 0.6) is 0 Å². The standard InChI is InChI=1S/C13H15F3N2O2/c14-13(15,16)9-7-8(17)4-5-10(9)18-12(19)11-3-1-2-6-20-11/h4-5,7,11H,1-3,6,17H2,(H,18,19). The van der Waals surface area contributed by atoms with Crippen molar-refractivity contribution in [2.45, 2.75) is 31.5 Å². The third kappa shape index (κ3) is 3.41. The summed E-state index contributed by atoms with van der Waals surface area (Å²) in [5.41, 5.74) is 4.09. The van der Waals surface area contributed by atoms with Crippen molar-refractivity contribution in [3.05, 3.63) is 23.8 Å². The molecule has 110 valence electrons. The number of hydrogen-bond donors (Lipinski definition) is 2. The highest BCUT2D eigenvalue weighted by atomic mass is 19.4. The monoisotopic (exact) mass is 288 g/mol. The van der Waals surface area contributed by atoms with E-state index >= 15 is 0 Å². The average molecular weight is 288 g/mol. The van der Waals surface area contributed by atoms with Gasteiger partial charge in [-0.3, -0.25) is 4.79 Å². The number of alkyl halides is 3. The Hall–Kier alpha value is -1.76. The van der Waals surface area contributed by atoms with Crippen LogP contribution in [0, 0.1) is 0 Å². The molecule has 1 aliphatic rings. The number of nitrogen functional groups attached to an aromatic ring is 1. The highest BCUT2D eigenvalue weighted by molar-refractivity contribution is 5.95. The lowest BCUT2D eigenvalue weighted by molar-refractivity contribution is -0.137. The summed E-state index contributed by atoms with van der Waals surface area (Å²) >= 11 is 0. The number of nitrogens with one attached hydrogen (secondary N) is 1. The zero-order chi connectivity index (χ0) is 14.8. The second-order valence-corrected chi connectivity index (χ2v) is 4.65. The Morgan fingerprint density at radius 3 is 2.70 bits per heavy atom. The van der Waals surface area contributed by atoms with E-state index in [9.17, 15) is 18.0 Å². The summed E-state index contributed by atoms with van der Waals surface area (Å²) in [6.45, 7) is 0.450. The van der Waals surface area contributed by atoms with Crippen LogP contribution in [0.15, 0.2) is 18.2 Å². The van der Waals surface area contributed by atoms with E-state index in [-0.39, 0.29) is 11.4 Å². The first-order chi connectivity index (χ1) is 9.38. The van der Waals surface area contributed by atoms with Gasteiger partial charge in [0.15, 0.2) is 0 Å². The van der Waals surface area contributed by atoms with Gasteiger partial charge in [0.05, 0.1) is 11.3 Å². The zero-order valence-corrected chi connectivity index (χ0v) is 10.7. The molecule has 3 N–H and O–H groups in total. The minimum atomic E-state index is -4.58. The molecule has 0 saturated carbocycles. The lowest BCUT2D eigenvalue weighted by Crippen LogP contribution is -2.33. The number of anilines is 2. The molecule has 1 fully saturated rings. The van der Waals surface area contributed by atoms with E-state index in [1.807, 2.05) is 0 Å². The molecule has 1 heterocycles. The summed E-state index contributed by atoms with van der Waals surface area (Å²) in [6.07, 6.45) is -3.07. The van der Waals surface area contributed by atoms with Crippen molar-refractivity contribution in [1.82, 2.24) is 0 Å². The number of carbonyl (C=O) groups is 1. The van der Waals surface area contributed by atoms with Crippen LogP contribution >= 0.6 is 0 Å². The molecule has 1 aromatic rings. The van der Waals surface area contributed by atoms with Crippen molar-refractivity contribution in [2.24, 2.45) is 0 Å². The molecule has 20 heavy (non-hydrogen) atoms. The highest BCUT2D eigenvalue weighted by Gasteiger charge is 2.34. The van der Waals surface area contributed by atoms with Crippen molar-refractivity contribution in [3.8, 4) is 0 Å². The molecular formula is C13H15F3N2O2. The summed E-state index contributed by atoms with van der Waals surface area (Å²) in [7, 11) is 0. The molecule has 0 aromatic heterocycles. The van der Waals surface area contributed by atoms with E-state index in [0.29, 0.717) is 13.0 Å². The Bertz CT molecular complexity index is 497. The first kappa shape index (κ1) is 14.6. The second-order valence-electron chi connectivity index (χ2n) is 4.65. The van der Waals surface area contributed by atoms with Crippen molar-refractivity contribution in [1.29, 1.82) is 0 Å². The van der Waals surface area contributed by atoms with Crippen LogP contribution in [0.3, 0.4) is 0 Å². The maximum atomic E-state index is 12.9. The third-order valence-electron chi connectivity index (χ3n) is 3.08. The van der Waals surface area contributed by atoms with Crippen LogP contribution in [0.1, 0.15) is 24.8 Å². The van der Waals surface area contributed by atoms with Crippen LogP contribution < -0.4 is 11.1 Å². The highest BCUT2D eigenvalue weighted by Crippen LogP contribution is 2.36. The van der Waals surface area contributed by atoms with Crippen LogP contribution in [-0.4, -0.2) is 18.6 Å². The molecule has 0 spiro atoms. The first-order valence-electron chi connectivity index (χ1n) is 6.27. The van der Waals surface area contributed by atoms with Crippen LogP contribution in [0.4, 0.5) is 24.5 Å². The maximum absolute atomic E-state index is 12.9. The predicted molar refractivity (Wildman–Crippen MR) is 68.1 cm³/mol. The van der Waals surface area contributed by atoms with E-state index in [1.165, 1.54) is 6.07 Å². The summed E-state index contributed by atoms with van der Waals surface area (Å²) in [5.74, 6) is -0.556. The lowest BCUT2D eigenvalue weighted by Gasteiger charge is -2.22. The van der Waals surface area contributed by atoms with Crippen molar-refractivity contribution in [2.75, 3.05) is 17.7 Å². The zero-order valence-electron chi connectivity index (χ0n) is 10.7. The van der Waals surface area contributed by atoms with Gasteiger partial charge in [0.2, 0.25) is 0 Å². The topological polar surface area (TPSA) is 64.3 Å². The number of halogens is 3. The Morgan fingerprint density at radius 1 is 1.35 bits per heavy atom. The van der Waals surface area contributed by atoms with Gasteiger partial charge in [-0.2, -0.15) is 13.2 Å². The third-order valence-corrected chi connectivity index (χ3v) is 3.08. The largest absolute Gasteiger partial charge is 0.418 e. The average Bonchev–Trinajstić information content (AvgIpc) is 2.40. The van der Waals surface area contributed by atoms with Gasteiger partial charge < -0.3 is 15.8 Å². The molecule has 1 unspecified atom stereocenters. The van der Waals surface area contributed by atoms with Gasteiger partial charge in [-0.25, -0.2) is 0 Å². The minimum absolute atomic E-state index is 0.00996. The molecule has 7 heteroatoms. The summed E-state index contributed by atoms with van der Waals surface area (Å²) < 4.78 is 43.9. The first-order valence-corrected chi connectivity index (χ1v) is 6.27. The van der Waals surface area contributed by atoms with Gasteiger partial charge in [0.25, 0.3) is 5.91 Å². The molecule has 0 radical (unpaired) electrons. The van der Waals surface area contributed by atoms with Crippen molar-refractivity contribution >= 4 is 17.3 Å². The van der Waals surface area contributed by atoms with Crippen LogP contribution in [0.25, 0.3) is 0 Å². The molecular weight excluding hydrogens is 273 g/mol. The Labute approximate surface area is 114 Å². The number of nitrogens with two attached hydrogens (primary N) is 1. The van der Waals surface area contributed by atoms with Crippen LogP contribution in [-0.2, 0) is 15.7 Å². The number of carbonyl (C=O) groups excluding carboxylic acids is 1. The Morgan fingerprint density at radius 2 is 2.10 bits per heavy atom. The fraction of sp³-hybridized carbons (Fsp3) is 0.462. The smallest absolute Gasteiger partial charge is 0.399 e. The Kier molecular flexibility index (Phi) is 4.17. The van der Waals surface area contributed by atoms with Crippen molar-refractivity contribution in [3.63, 3.8) is 0 Å². The molecule has 4 nitrogen and oxygen atoms in total. The number of rotatable bonds is 2. The number of amides is 1. The lowest BCUT2D eigenvalue weighted by atomic mass is 10.1. The number of benzene rings is 1. The maximum Gasteiger partial charge on any atom is 0.418 e. The van der Waals surface area contributed by atoms with E-state index in [0.717, 1.165) is 25.0 Å². The molecule has 1 aromatic carbocycles. The molecule has 2 rings (SSSR count). The van der Waals surface area contributed by atoms with Crippen molar-refractivity contribution < 1.29 is 22.7 Å². The van der Waals surface area contributed by atoms with Crippen LogP contribution in [0.2, 0.25) is 0 Å². The molecule has 1 aliphatic heterocycles. The van der Waals surface area contributed by atoms with Gasteiger partial charge in [-0.05, 0) is 37.5 Å². The number of hydrogen-bond acceptors (Lipinski definition) is 3. The van der Waals surface area contributed by atoms with Gasteiger partial charge in [-0.1, -0.05) is 0 Å². The molecule has 1 saturated heterocycles. The fourth-order valence-electron chi connectivity index (χ4n) is 2.07. The van der Waals surface area contributed by atoms with Gasteiger partial charge in [0, 0.05) is 12.3 Å². The van der Waals surface area contributed by atoms with E-state index in [2.05, 4.69) is 5.32 Å². The normalized spacial score (nSPS) is 19.6. The molecule has 1 amide bonds. The second kappa shape index (κ2) is 5.70. The summed E-state index contributed by atoms with van der Waals surface area (Å²) in [5, 5.41) is 2.27. The fourth-order valence-corrected chi connectivity index (χ4v) is 2.07. The quantitative estimate of drug-likeness (QED) is 0.822. The summed E-state index contributed by atoms with van der Waals surface area (Å²) in [6, 6.07) is 3.27. The van der Waals surface area contributed by atoms with Gasteiger partial charge >= 0.3 is 6.18 Å². The van der Waals surface area contributed by atoms with E-state index in [1.54, 1.807) is 0 Å². The number of ether oxygens (including phenoxy) is 1. The van der Waals surface area contributed by atoms with E-state index < -0.39 is 23.8 Å². The molecule has 1 atom stereocenters. The Balaban J connectivity index is 2.18. The van der Waals surface area contributed by atoms with Gasteiger partial charge in [-0.15, -0.1) is 0 Å². The summed E-state index contributed by atoms with van der Waals surface area (Å²) in [4.78, 5) is 11.9.